The van der Waals surface area contributed by atoms with Gasteiger partial charge in [-0.25, -0.2) is 0 Å². The van der Waals surface area contributed by atoms with Crippen molar-refractivity contribution in [3.05, 3.63) is 58.6 Å². The Hall–Kier alpha value is -2.20. The molecule has 0 aliphatic rings. The van der Waals surface area contributed by atoms with Crippen LogP contribution in [0.5, 0.6) is 11.5 Å². The summed E-state index contributed by atoms with van der Waals surface area (Å²) in [6, 6.07) is 13.1. The van der Waals surface area contributed by atoms with Gasteiger partial charge in [0.05, 0.1) is 6.04 Å². The topological polar surface area (TPSA) is 47.6 Å². The molecule has 2 atom stereocenters. The van der Waals surface area contributed by atoms with Gasteiger partial charge in [0.1, 0.15) is 18.1 Å². The van der Waals surface area contributed by atoms with Gasteiger partial charge < -0.3 is 14.8 Å². The minimum absolute atomic E-state index is 0.131. The van der Waals surface area contributed by atoms with E-state index in [2.05, 4.69) is 5.32 Å². The zero-order valence-corrected chi connectivity index (χ0v) is 16.5. The lowest BCUT2D eigenvalue weighted by molar-refractivity contribution is -0.128. The van der Waals surface area contributed by atoms with Crippen LogP contribution >= 0.6 is 11.6 Å². The van der Waals surface area contributed by atoms with Gasteiger partial charge in [0.2, 0.25) is 0 Å². The molecule has 0 radical (unpaired) electrons. The van der Waals surface area contributed by atoms with E-state index in [4.69, 9.17) is 21.1 Å². The molecule has 0 heterocycles. The molecule has 0 saturated heterocycles. The van der Waals surface area contributed by atoms with Gasteiger partial charge in [-0.2, -0.15) is 0 Å². The number of amides is 1. The monoisotopic (exact) mass is 375 g/mol. The van der Waals surface area contributed by atoms with Crippen LogP contribution in [0.1, 0.15) is 31.4 Å². The number of hydrogen-bond acceptors (Lipinski definition) is 3. The standard InChI is InChI=1S/C21H26ClNO3/c1-5-20(26-18-10-11-19(22)15(3)12-18)21(24)23-16(4)13-25-17-8-6-14(2)7-9-17/h6-12,16,20H,5,13H2,1-4H3,(H,23,24)/t16-,20+/m1/s1. The normalized spacial score (nSPS) is 13.0. The van der Waals surface area contributed by atoms with Gasteiger partial charge in [0.15, 0.2) is 6.10 Å². The highest BCUT2D eigenvalue weighted by Crippen LogP contribution is 2.22. The summed E-state index contributed by atoms with van der Waals surface area (Å²) in [4.78, 5) is 12.5. The van der Waals surface area contributed by atoms with Crippen LogP contribution in [0.3, 0.4) is 0 Å². The van der Waals surface area contributed by atoms with Crippen LogP contribution in [-0.2, 0) is 4.79 Å². The summed E-state index contributed by atoms with van der Waals surface area (Å²) in [7, 11) is 0. The lowest BCUT2D eigenvalue weighted by Gasteiger charge is -2.21. The largest absolute Gasteiger partial charge is 0.491 e. The van der Waals surface area contributed by atoms with Gasteiger partial charge in [-0.3, -0.25) is 4.79 Å². The molecular weight excluding hydrogens is 350 g/mol. The molecular formula is C21H26ClNO3. The smallest absolute Gasteiger partial charge is 0.261 e. The van der Waals surface area contributed by atoms with Crippen molar-refractivity contribution in [1.82, 2.24) is 5.32 Å². The highest BCUT2D eigenvalue weighted by Gasteiger charge is 2.20. The summed E-state index contributed by atoms with van der Waals surface area (Å²) in [6.07, 6.45) is 0.0105. The Morgan fingerprint density at radius 3 is 2.38 bits per heavy atom. The third-order valence-corrected chi connectivity index (χ3v) is 4.40. The second kappa shape index (κ2) is 9.48. The molecule has 0 aromatic heterocycles. The van der Waals surface area contributed by atoms with Crippen molar-refractivity contribution in [1.29, 1.82) is 0 Å². The first-order chi connectivity index (χ1) is 12.4. The first-order valence-corrected chi connectivity index (χ1v) is 9.19. The summed E-state index contributed by atoms with van der Waals surface area (Å²) in [5, 5.41) is 3.62. The fraction of sp³-hybridized carbons (Fsp3) is 0.381. The predicted octanol–water partition coefficient (Wildman–Crippen LogP) is 4.70. The average molecular weight is 376 g/mol. The van der Waals surface area contributed by atoms with E-state index in [0.29, 0.717) is 23.8 Å². The number of aryl methyl sites for hydroxylation is 2. The third kappa shape index (κ3) is 5.95. The van der Waals surface area contributed by atoms with E-state index >= 15 is 0 Å². The predicted molar refractivity (Wildman–Crippen MR) is 105 cm³/mol. The van der Waals surface area contributed by atoms with Crippen LogP contribution in [-0.4, -0.2) is 24.7 Å². The zero-order chi connectivity index (χ0) is 19.1. The Labute approximate surface area is 160 Å². The Kier molecular flexibility index (Phi) is 7.34. The van der Waals surface area contributed by atoms with Crippen LogP contribution in [0, 0.1) is 13.8 Å². The molecule has 0 aliphatic carbocycles. The maximum Gasteiger partial charge on any atom is 0.261 e. The van der Waals surface area contributed by atoms with Crippen LogP contribution < -0.4 is 14.8 Å². The first-order valence-electron chi connectivity index (χ1n) is 8.81. The molecule has 1 N–H and O–H groups in total. The number of carbonyl (C=O) groups is 1. The number of rotatable bonds is 8. The molecule has 4 nitrogen and oxygen atoms in total. The quantitative estimate of drug-likeness (QED) is 0.727. The highest BCUT2D eigenvalue weighted by atomic mass is 35.5. The van der Waals surface area contributed by atoms with Crippen molar-refractivity contribution < 1.29 is 14.3 Å². The molecule has 0 spiro atoms. The number of hydrogen-bond donors (Lipinski definition) is 1. The summed E-state index contributed by atoms with van der Waals surface area (Å²) in [5.41, 5.74) is 2.10. The Morgan fingerprint density at radius 1 is 1.12 bits per heavy atom. The fourth-order valence-corrected chi connectivity index (χ4v) is 2.53. The summed E-state index contributed by atoms with van der Waals surface area (Å²) in [5.74, 6) is 1.27. The van der Waals surface area contributed by atoms with Crippen molar-refractivity contribution >= 4 is 17.5 Å². The minimum atomic E-state index is -0.558. The first kappa shape index (κ1) is 20.1. The van der Waals surface area contributed by atoms with E-state index < -0.39 is 6.10 Å². The zero-order valence-electron chi connectivity index (χ0n) is 15.7. The molecule has 0 saturated carbocycles. The van der Waals surface area contributed by atoms with Crippen LogP contribution in [0.2, 0.25) is 5.02 Å². The molecule has 0 unspecified atom stereocenters. The number of ether oxygens (including phenoxy) is 2. The van der Waals surface area contributed by atoms with Crippen molar-refractivity contribution in [3.8, 4) is 11.5 Å². The van der Waals surface area contributed by atoms with E-state index in [1.807, 2.05) is 58.0 Å². The number of nitrogens with one attached hydrogen (secondary N) is 1. The summed E-state index contributed by atoms with van der Waals surface area (Å²) >= 11 is 6.03. The Balaban J connectivity index is 1.86. The van der Waals surface area contributed by atoms with E-state index in [-0.39, 0.29) is 11.9 Å². The van der Waals surface area contributed by atoms with Gasteiger partial charge >= 0.3 is 0 Å². The van der Waals surface area contributed by atoms with E-state index in [9.17, 15) is 4.79 Å². The van der Waals surface area contributed by atoms with Gasteiger partial charge in [0.25, 0.3) is 5.91 Å². The summed E-state index contributed by atoms with van der Waals surface area (Å²) < 4.78 is 11.5. The van der Waals surface area contributed by atoms with Crippen LogP contribution in [0.15, 0.2) is 42.5 Å². The van der Waals surface area contributed by atoms with E-state index in [0.717, 1.165) is 11.3 Å². The molecule has 0 fully saturated rings. The second-order valence-corrected chi connectivity index (χ2v) is 6.87. The molecule has 0 aliphatic heterocycles. The summed E-state index contributed by atoms with van der Waals surface area (Å²) in [6.45, 7) is 8.15. The van der Waals surface area contributed by atoms with E-state index in [1.54, 1.807) is 12.1 Å². The van der Waals surface area contributed by atoms with Crippen LogP contribution in [0.25, 0.3) is 0 Å². The average Bonchev–Trinajstić information content (AvgIpc) is 2.62. The Bertz CT molecular complexity index is 731. The Morgan fingerprint density at radius 2 is 1.77 bits per heavy atom. The SMILES string of the molecule is CC[C@H](Oc1ccc(Cl)c(C)c1)C(=O)N[C@H](C)COc1ccc(C)cc1. The fourth-order valence-electron chi connectivity index (χ4n) is 2.41. The maximum atomic E-state index is 12.5. The van der Waals surface area contributed by atoms with Crippen molar-refractivity contribution in [2.24, 2.45) is 0 Å². The maximum absolute atomic E-state index is 12.5. The third-order valence-electron chi connectivity index (χ3n) is 3.98. The lowest BCUT2D eigenvalue weighted by atomic mass is 10.2. The van der Waals surface area contributed by atoms with Gasteiger partial charge in [0, 0.05) is 5.02 Å². The van der Waals surface area contributed by atoms with Gasteiger partial charge in [-0.1, -0.05) is 36.2 Å². The molecule has 2 rings (SSSR count). The molecule has 2 aromatic carbocycles. The minimum Gasteiger partial charge on any atom is -0.491 e. The molecule has 140 valence electrons. The van der Waals surface area contributed by atoms with Gasteiger partial charge in [-0.15, -0.1) is 0 Å². The van der Waals surface area contributed by atoms with E-state index in [1.165, 1.54) is 5.56 Å². The lowest BCUT2D eigenvalue weighted by Crippen LogP contribution is -2.44. The van der Waals surface area contributed by atoms with Crippen molar-refractivity contribution in [2.45, 2.75) is 46.3 Å². The molecule has 26 heavy (non-hydrogen) atoms. The van der Waals surface area contributed by atoms with Crippen molar-refractivity contribution in [3.63, 3.8) is 0 Å². The molecule has 5 heteroatoms. The van der Waals surface area contributed by atoms with Crippen LogP contribution in [0.4, 0.5) is 0 Å². The second-order valence-electron chi connectivity index (χ2n) is 6.46. The van der Waals surface area contributed by atoms with Crippen molar-refractivity contribution in [2.75, 3.05) is 6.61 Å². The molecule has 1 amide bonds. The number of carbonyl (C=O) groups excluding carboxylic acids is 1. The molecule has 0 bridgehead atoms. The number of benzene rings is 2. The highest BCUT2D eigenvalue weighted by molar-refractivity contribution is 6.31. The number of halogens is 1. The van der Waals surface area contributed by atoms with Gasteiger partial charge in [-0.05, 0) is 63.1 Å². The molecule has 2 aromatic rings.